The van der Waals surface area contributed by atoms with Crippen molar-refractivity contribution in [3.05, 3.63) is 65.7 Å². The van der Waals surface area contributed by atoms with E-state index in [-0.39, 0.29) is 35.0 Å². The van der Waals surface area contributed by atoms with Gasteiger partial charge in [-0.2, -0.15) is 4.31 Å². The molecule has 1 fully saturated rings. The van der Waals surface area contributed by atoms with Crippen molar-refractivity contribution in [1.82, 2.24) is 9.21 Å². The molecule has 1 amide bonds. The van der Waals surface area contributed by atoms with Gasteiger partial charge in [-0.3, -0.25) is 4.79 Å². The van der Waals surface area contributed by atoms with Crippen LogP contribution in [0.2, 0.25) is 0 Å². The highest BCUT2D eigenvalue weighted by Gasteiger charge is 2.39. The molecule has 2 aromatic rings. The molecule has 6 nitrogen and oxygen atoms in total. The number of nitrogens with two attached hydrogens (primary N) is 1. The van der Waals surface area contributed by atoms with Crippen molar-refractivity contribution in [2.24, 2.45) is 11.7 Å². The van der Waals surface area contributed by atoms with Crippen LogP contribution in [0.1, 0.15) is 21.8 Å². The summed E-state index contributed by atoms with van der Waals surface area (Å²) in [6.45, 7) is 1.19. The zero-order chi connectivity index (χ0) is 19.6. The number of sulfonamides is 1. The van der Waals surface area contributed by atoms with E-state index in [0.29, 0.717) is 25.2 Å². The van der Waals surface area contributed by atoms with Gasteiger partial charge in [0.15, 0.2) is 0 Å². The van der Waals surface area contributed by atoms with Gasteiger partial charge >= 0.3 is 0 Å². The van der Waals surface area contributed by atoms with Gasteiger partial charge in [0.25, 0.3) is 5.91 Å². The summed E-state index contributed by atoms with van der Waals surface area (Å²) in [5.41, 5.74) is 7.39. The van der Waals surface area contributed by atoms with Crippen LogP contribution in [0.4, 0.5) is 0 Å². The van der Waals surface area contributed by atoms with Crippen molar-refractivity contribution >= 4 is 28.3 Å². The average Bonchev–Trinajstić information content (AvgIpc) is 3.13. The lowest BCUT2D eigenvalue weighted by Crippen LogP contribution is -2.30. The van der Waals surface area contributed by atoms with Crippen molar-refractivity contribution in [3.8, 4) is 0 Å². The highest BCUT2D eigenvalue weighted by atomic mass is 35.5. The fraction of sp³-hybridized carbons (Fsp3) is 0.350. The fourth-order valence-electron chi connectivity index (χ4n) is 3.54. The van der Waals surface area contributed by atoms with Gasteiger partial charge in [0.2, 0.25) is 10.0 Å². The quantitative estimate of drug-likeness (QED) is 0.798. The number of amides is 1. The summed E-state index contributed by atoms with van der Waals surface area (Å²) in [6, 6.07) is 16.1. The fourth-order valence-corrected chi connectivity index (χ4v) is 5.11. The first-order valence-electron chi connectivity index (χ1n) is 8.91. The maximum atomic E-state index is 13.2. The smallest absolute Gasteiger partial charge is 0.253 e. The van der Waals surface area contributed by atoms with Gasteiger partial charge in [0.1, 0.15) is 0 Å². The maximum absolute atomic E-state index is 13.2. The first kappa shape index (κ1) is 22.4. The van der Waals surface area contributed by atoms with Gasteiger partial charge in [-0.05, 0) is 36.2 Å². The third kappa shape index (κ3) is 4.38. The van der Waals surface area contributed by atoms with Crippen LogP contribution in [-0.4, -0.2) is 57.3 Å². The Morgan fingerprint density at radius 3 is 2.39 bits per heavy atom. The summed E-state index contributed by atoms with van der Waals surface area (Å²) in [6.07, 6.45) is 0. The number of halogens is 1. The van der Waals surface area contributed by atoms with Gasteiger partial charge in [-0.15, -0.1) is 12.4 Å². The van der Waals surface area contributed by atoms with E-state index >= 15 is 0 Å². The molecule has 28 heavy (non-hydrogen) atoms. The van der Waals surface area contributed by atoms with Crippen molar-refractivity contribution in [1.29, 1.82) is 0 Å². The highest BCUT2D eigenvalue weighted by Crippen LogP contribution is 2.35. The minimum absolute atomic E-state index is 0. The number of carbonyl (C=O) groups excluding carboxylic acids is 1. The second-order valence-electron chi connectivity index (χ2n) is 7.06. The van der Waals surface area contributed by atoms with Crippen molar-refractivity contribution in [2.75, 3.05) is 33.7 Å². The zero-order valence-corrected chi connectivity index (χ0v) is 17.6. The van der Waals surface area contributed by atoms with E-state index in [0.717, 1.165) is 5.56 Å². The summed E-state index contributed by atoms with van der Waals surface area (Å²) in [7, 11) is -0.419. The molecular formula is C20H26ClN3O3S. The lowest BCUT2D eigenvalue weighted by atomic mass is 9.89. The Balaban J connectivity index is 0.00000280. The van der Waals surface area contributed by atoms with Crippen LogP contribution in [0.25, 0.3) is 0 Å². The lowest BCUT2D eigenvalue weighted by Gasteiger charge is -2.18. The summed E-state index contributed by atoms with van der Waals surface area (Å²) in [4.78, 5) is 13.7. The predicted molar refractivity (Wildman–Crippen MR) is 112 cm³/mol. The maximum Gasteiger partial charge on any atom is 0.253 e. The largest absolute Gasteiger partial charge is 0.345 e. The molecule has 2 atom stereocenters. The minimum Gasteiger partial charge on any atom is -0.345 e. The number of rotatable bonds is 5. The van der Waals surface area contributed by atoms with E-state index in [2.05, 4.69) is 0 Å². The van der Waals surface area contributed by atoms with E-state index in [1.54, 1.807) is 26.2 Å². The lowest BCUT2D eigenvalue weighted by molar-refractivity contribution is 0.0827. The Morgan fingerprint density at radius 2 is 1.79 bits per heavy atom. The second kappa shape index (κ2) is 9.05. The topological polar surface area (TPSA) is 83.7 Å². The molecule has 0 aromatic heterocycles. The van der Waals surface area contributed by atoms with E-state index < -0.39 is 10.0 Å². The molecular weight excluding hydrogens is 398 g/mol. The van der Waals surface area contributed by atoms with Gasteiger partial charge in [-0.25, -0.2) is 8.42 Å². The van der Waals surface area contributed by atoms with Crippen molar-refractivity contribution in [3.63, 3.8) is 0 Å². The Morgan fingerprint density at radius 1 is 1.11 bits per heavy atom. The SMILES string of the molecule is CN(C)C(=O)c1cccc(S(=O)(=O)N2C[C@@H](CN)[C@H](c3ccccc3)C2)c1.Cl. The van der Waals surface area contributed by atoms with Crippen LogP contribution in [-0.2, 0) is 10.0 Å². The molecule has 1 heterocycles. The van der Waals surface area contributed by atoms with E-state index in [4.69, 9.17) is 5.73 Å². The van der Waals surface area contributed by atoms with Crippen LogP contribution in [0.15, 0.2) is 59.5 Å². The summed E-state index contributed by atoms with van der Waals surface area (Å²) in [5.74, 6) is -0.0956. The molecule has 152 valence electrons. The molecule has 0 bridgehead atoms. The van der Waals surface area contributed by atoms with E-state index in [1.165, 1.54) is 21.3 Å². The molecule has 1 saturated heterocycles. The van der Waals surface area contributed by atoms with Crippen LogP contribution in [0.5, 0.6) is 0 Å². The Labute approximate surface area is 172 Å². The second-order valence-corrected chi connectivity index (χ2v) is 9.00. The van der Waals surface area contributed by atoms with Crippen molar-refractivity contribution in [2.45, 2.75) is 10.8 Å². The first-order chi connectivity index (χ1) is 12.8. The third-order valence-electron chi connectivity index (χ3n) is 5.06. The van der Waals surface area contributed by atoms with Crippen LogP contribution in [0.3, 0.4) is 0 Å². The Kier molecular flexibility index (Phi) is 7.22. The molecule has 0 spiro atoms. The number of benzene rings is 2. The van der Waals surface area contributed by atoms with Crippen LogP contribution < -0.4 is 5.73 Å². The van der Waals surface area contributed by atoms with Crippen LogP contribution in [0, 0.1) is 5.92 Å². The number of nitrogens with zero attached hydrogens (tertiary/aromatic N) is 2. The average molecular weight is 424 g/mol. The summed E-state index contributed by atoms with van der Waals surface area (Å²) >= 11 is 0. The molecule has 3 rings (SSSR count). The minimum atomic E-state index is -3.70. The Bertz CT molecular complexity index is 919. The van der Waals surface area contributed by atoms with Gasteiger partial charge in [0.05, 0.1) is 4.90 Å². The molecule has 0 saturated carbocycles. The summed E-state index contributed by atoms with van der Waals surface area (Å²) < 4.78 is 27.8. The molecule has 1 aliphatic heterocycles. The molecule has 0 aliphatic carbocycles. The number of hydrogen-bond acceptors (Lipinski definition) is 4. The zero-order valence-electron chi connectivity index (χ0n) is 16.0. The predicted octanol–water partition coefficient (Wildman–Crippen LogP) is 2.17. The first-order valence-corrected chi connectivity index (χ1v) is 10.4. The van der Waals surface area contributed by atoms with Crippen molar-refractivity contribution < 1.29 is 13.2 Å². The molecule has 2 N–H and O–H groups in total. The molecule has 8 heteroatoms. The van der Waals surface area contributed by atoms with Gasteiger partial charge in [-0.1, -0.05) is 36.4 Å². The molecule has 0 unspecified atom stereocenters. The monoisotopic (exact) mass is 423 g/mol. The van der Waals surface area contributed by atoms with E-state index in [9.17, 15) is 13.2 Å². The van der Waals surface area contributed by atoms with Crippen LogP contribution >= 0.6 is 12.4 Å². The third-order valence-corrected chi connectivity index (χ3v) is 6.89. The normalized spacial score (nSPS) is 19.8. The number of carbonyl (C=O) groups is 1. The Hall–Kier alpha value is -1.93. The highest BCUT2D eigenvalue weighted by molar-refractivity contribution is 7.89. The standard InChI is InChI=1S/C20H25N3O3S.ClH/c1-22(2)20(24)16-9-6-10-18(11-16)27(25,26)23-13-17(12-21)19(14-23)15-7-4-3-5-8-15;/h3-11,17,19H,12-14,21H2,1-2H3;1H/t17-,19+;/m1./s1. The van der Waals surface area contributed by atoms with Gasteiger partial charge < -0.3 is 10.6 Å². The number of hydrogen-bond donors (Lipinski definition) is 1. The van der Waals surface area contributed by atoms with Gasteiger partial charge in [0, 0.05) is 38.7 Å². The molecule has 0 radical (unpaired) electrons. The van der Waals surface area contributed by atoms with E-state index in [1.807, 2.05) is 30.3 Å². The molecule has 2 aromatic carbocycles. The molecule has 1 aliphatic rings. The summed E-state index contributed by atoms with van der Waals surface area (Å²) in [5, 5.41) is 0.